The van der Waals surface area contributed by atoms with Crippen molar-refractivity contribution in [3.63, 3.8) is 0 Å². The Balaban J connectivity index is 1.99. The van der Waals surface area contributed by atoms with Crippen molar-refractivity contribution >= 4 is 17.0 Å². The molecular formula is C9H12N2OS. The Morgan fingerprint density at radius 2 is 2.23 bits per heavy atom. The normalized spacial score (nSPS) is 23.1. The highest BCUT2D eigenvalue weighted by Gasteiger charge is 2.20. The van der Waals surface area contributed by atoms with Crippen molar-refractivity contribution in [3.8, 4) is 0 Å². The SMILES string of the molecule is ON=C1CCC(c2nccs2)CC1. The van der Waals surface area contributed by atoms with Gasteiger partial charge < -0.3 is 5.21 Å². The summed E-state index contributed by atoms with van der Waals surface area (Å²) in [4.78, 5) is 4.31. The fourth-order valence-electron chi connectivity index (χ4n) is 1.73. The lowest BCUT2D eigenvalue weighted by Gasteiger charge is -2.19. The molecule has 1 aromatic heterocycles. The molecule has 0 unspecified atom stereocenters. The van der Waals surface area contributed by atoms with E-state index in [0.717, 1.165) is 31.4 Å². The third-order valence-corrected chi connectivity index (χ3v) is 3.44. The number of hydrogen-bond donors (Lipinski definition) is 1. The minimum Gasteiger partial charge on any atom is -0.411 e. The Morgan fingerprint density at radius 3 is 2.77 bits per heavy atom. The zero-order valence-corrected chi connectivity index (χ0v) is 8.13. The number of hydrogen-bond acceptors (Lipinski definition) is 4. The van der Waals surface area contributed by atoms with Gasteiger partial charge in [0.25, 0.3) is 0 Å². The van der Waals surface area contributed by atoms with Crippen LogP contribution in [0.1, 0.15) is 36.6 Å². The summed E-state index contributed by atoms with van der Waals surface area (Å²) in [5.41, 5.74) is 0.938. The Kier molecular flexibility index (Phi) is 2.59. The number of thiazole rings is 1. The van der Waals surface area contributed by atoms with Gasteiger partial charge in [0.2, 0.25) is 0 Å². The molecular weight excluding hydrogens is 184 g/mol. The molecule has 0 amide bonds. The van der Waals surface area contributed by atoms with Crippen LogP contribution in [0.15, 0.2) is 16.7 Å². The monoisotopic (exact) mass is 196 g/mol. The first-order chi connectivity index (χ1) is 6.40. The van der Waals surface area contributed by atoms with E-state index in [1.54, 1.807) is 11.3 Å². The van der Waals surface area contributed by atoms with E-state index in [4.69, 9.17) is 5.21 Å². The van der Waals surface area contributed by atoms with Crippen LogP contribution in [0.3, 0.4) is 0 Å². The van der Waals surface area contributed by atoms with E-state index in [1.165, 1.54) is 5.01 Å². The standard InChI is InChI=1S/C9H12N2OS/c12-11-8-3-1-7(2-4-8)9-10-5-6-13-9/h5-7,12H,1-4H2. The van der Waals surface area contributed by atoms with Gasteiger partial charge in [0.15, 0.2) is 0 Å². The average molecular weight is 196 g/mol. The van der Waals surface area contributed by atoms with E-state index >= 15 is 0 Å². The Bertz CT molecular complexity index is 285. The highest BCUT2D eigenvalue weighted by atomic mass is 32.1. The average Bonchev–Trinajstić information content (AvgIpc) is 2.71. The molecule has 1 aliphatic rings. The maximum absolute atomic E-state index is 8.58. The van der Waals surface area contributed by atoms with Gasteiger partial charge in [0.05, 0.1) is 10.7 Å². The van der Waals surface area contributed by atoms with Crippen LogP contribution in [-0.2, 0) is 0 Å². The molecule has 0 bridgehead atoms. The molecule has 1 aliphatic carbocycles. The van der Waals surface area contributed by atoms with Crippen LogP contribution >= 0.6 is 11.3 Å². The van der Waals surface area contributed by atoms with Gasteiger partial charge in [-0.25, -0.2) is 4.98 Å². The van der Waals surface area contributed by atoms with Gasteiger partial charge >= 0.3 is 0 Å². The topological polar surface area (TPSA) is 45.5 Å². The Morgan fingerprint density at radius 1 is 1.46 bits per heavy atom. The molecule has 1 N–H and O–H groups in total. The highest BCUT2D eigenvalue weighted by Crippen LogP contribution is 2.32. The molecule has 1 heterocycles. The van der Waals surface area contributed by atoms with Crippen LogP contribution in [0.2, 0.25) is 0 Å². The van der Waals surface area contributed by atoms with Crippen molar-refractivity contribution in [2.75, 3.05) is 0 Å². The van der Waals surface area contributed by atoms with Crippen molar-refractivity contribution < 1.29 is 5.21 Å². The number of nitrogens with zero attached hydrogens (tertiary/aromatic N) is 2. The zero-order chi connectivity index (χ0) is 9.10. The summed E-state index contributed by atoms with van der Waals surface area (Å²) in [7, 11) is 0. The largest absolute Gasteiger partial charge is 0.411 e. The molecule has 0 aromatic carbocycles. The van der Waals surface area contributed by atoms with Gasteiger partial charge in [-0.1, -0.05) is 5.16 Å². The lowest BCUT2D eigenvalue weighted by atomic mass is 9.88. The molecule has 70 valence electrons. The first-order valence-electron chi connectivity index (χ1n) is 4.49. The second-order valence-electron chi connectivity index (χ2n) is 3.31. The molecule has 0 atom stereocenters. The summed E-state index contributed by atoms with van der Waals surface area (Å²) in [6, 6.07) is 0. The molecule has 2 rings (SSSR count). The second kappa shape index (κ2) is 3.87. The number of aromatic nitrogens is 1. The predicted molar refractivity (Wildman–Crippen MR) is 52.5 cm³/mol. The summed E-state index contributed by atoms with van der Waals surface area (Å²) >= 11 is 1.72. The zero-order valence-electron chi connectivity index (χ0n) is 7.31. The van der Waals surface area contributed by atoms with Crippen molar-refractivity contribution in [2.24, 2.45) is 5.16 Å². The van der Waals surface area contributed by atoms with Crippen molar-refractivity contribution in [1.29, 1.82) is 0 Å². The first kappa shape index (κ1) is 8.69. The van der Waals surface area contributed by atoms with E-state index in [0.29, 0.717) is 5.92 Å². The maximum atomic E-state index is 8.58. The van der Waals surface area contributed by atoms with Gasteiger partial charge in [0.1, 0.15) is 0 Å². The predicted octanol–water partition coefficient (Wildman–Crippen LogP) is 2.63. The summed E-state index contributed by atoms with van der Waals surface area (Å²) in [5, 5.41) is 15.1. The van der Waals surface area contributed by atoms with E-state index in [9.17, 15) is 0 Å². The Hall–Kier alpha value is -0.900. The van der Waals surface area contributed by atoms with Crippen LogP contribution < -0.4 is 0 Å². The quantitative estimate of drug-likeness (QED) is 0.554. The summed E-state index contributed by atoms with van der Waals surface area (Å²) < 4.78 is 0. The molecule has 1 aromatic rings. The fraction of sp³-hybridized carbons (Fsp3) is 0.556. The Labute approximate surface area is 81.1 Å². The third-order valence-electron chi connectivity index (χ3n) is 2.50. The lowest BCUT2D eigenvalue weighted by molar-refractivity contribution is 0.313. The van der Waals surface area contributed by atoms with Crippen molar-refractivity contribution in [1.82, 2.24) is 4.98 Å². The minimum atomic E-state index is 0.588. The fourth-order valence-corrected chi connectivity index (χ4v) is 2.55. The van der Waals surface area contributed by atoms with Crippen LogP contribution in [0.4, 0.5) is 0 Å². The first-order valence-corrected chi connectivity index (χ1v) is 5.37. The second-order valence-corrected chi connectivity index (χ2v) is 4.24. The third kappa shape index (κ3) is 1.88. The van der Waals surface area contributed by atoms with Crippen LogP contribution in [0.5, 0.6) is 0 Å². The van der Waals surface area contributed by atoms with Crippen LogP contribution in [-0.4, -0.2) is 15.9 Å². The van der Waals surface area contributed by atoms with Crippen LogP contribution in [0.25, 0.3) is 0 Å². The van der Waals surface area contributed by atoms with Gasteiger partial charge in [0, 0.05) is 17.5 Å². The van der Waals surface area contributed by atoms with E-state index < -0.39 is 0 Å². The molecule has 0 spiro atoms. The molecule has 1 fully saturated rings. The van der Waals surface area contributed by atoms with E-state index in [1.807, 2.05) is 11.6 Å². The number of oxime groups is 1. The van der Waals surface area contributed by atoms with E-state index in [2.05, 4.69) is 10.1 Å². The lowest BCUT2D eigenvalue weighted by Crippen LogP contribution is -2.12. The summed E-state index contributed by atoms with van der Waals surface area (Å²) in [5.74, 6) is 0.588. The van der Waals surface area contributed by atoms with Gasteiger partial charge in [-0.2, -0.15) is 0 Å². The molecule has 0 saturated heterocycles. The van der Waals surface area contributed by atoms with Crippen molar-refractivity contribution in [2.45, 2.75) is 31.6 Å². The molecule has 4 heteroatoms. The van der Waals surface area contributed by atoms with Gasteiger partial charge in [-0.05, 0) is 25.7 Å². The molecule has 1 saturated carbocycles. The minimum absolute atomic E-state index is 0.588. The molecule has 13 heavy (non-hydrogen) atoms. The maximum Gasteiger partial charge on any atom is 0.0956 e. The molecule has 0 aliphatic heterocycles. The summed E-state index contributed by atoms with van der Waals surface area (Å²) in [6.45, 7) is 0. The van der Waals surface area contributed by atoms with Crippen molar-refractivity contribution in [3.05, 3.63) is 16.6 Å². The smallest absolute Gasteiger partial charge is 0.0956 e. The van der Waals surface area contributed by atoms with Gasteiger partial charge in [-0.15, -0.1) is 11.3 Å². The summed E-state index contributed by atoms with van der Waals surface area (Å²) in [6.07, 6.45) is 5.84. The van der Waals surface area contributed by atoms with Gasteiger partial charge in [-0.3, -0.25) is 0 Å². The van der Waals surface area contributed by atoms with E-state index in [-0.39, 0.29) is 0 Å². The highest BCUT2D eigenvalue weighted by molar-refractivity contribution is 7.09. The molecule has 3 nitrogen and oxygen atoms in total. The molecule has 0 radical (unpaired) electrons. The van der Waals surface area contributed by atoms with Crippen LogP contribution in [0, 0.1) is 0 Å². The number of rotatable bonds is 1.